The van der Waals surface area contributed by atoms with Crippen LogP contribution in [0.2, 0.25) is 0 Å². The Bertz CT molecular complexity index is 574. The number of carbonyl (C=O) groups is 2. The summed E-state index contributed by atoms with van der Waals surface area (Å²) in [6.45, 7) is 10.3. The van der Waals surface area contributed by atoms with E-state index in [0.29, 0.717) is 31.2 Å². The summed E-state index contributed by atoms with van der Waals surface area (Å²) in [7, 11) is 0. The van der Waals surface area contributed by atoms with Crippen molar-refractivity contribution in [2.75, 3.05) is 13.2 Å². The van der Waals surface area contributed by atoms with Crippen LogP contribution in [0.1, 0.15) is 57.0 Å². The van der Waals surface area contributed by atoms with Crippen LogP contribution in [0.15, 0.2) is 6.20 Å². The molecule has 0 aromatic carbocycles. The first kappa shape index (κ1) is 16.3. The molecule has 22 heavy (non-hydrogen) atoms. The maximum Gasteiger partial charge on any atom is 0.410 e. The van der Waals surface area contributed by atoms with E-state index < -0.39 is 5.60 Å². The maximum atomic E-state index is 12.2. The van der Waals surface area contributed by atoms with E-state index >= 15 is 0 Å². The van der Waals surface area contributed by atoms with Crippen molar-refractivity contribution in [3.05, 3.63) is 17.7 Å². The fourth-order valence-corrected chi connectivity index (χ4v) is 2.47. The molecule has 1 aromatic rings. The molecule has 0 unspecified atom stereocenters. The Morgan fingerprint density at radius 3 is 2.68 bits per heavy atom. The van der Waals surface area contributed by atoms with Gasteiger partial charge in [0.05, 0.1) is 25.4 Å². The molecule has 1 aliphatic heterocycles. The summed E-state index contributed by atoms with van der Waals surface area (Å²) in [5.74, 6) is 0.270. The Balaban J connectivity index is 2.18. The Hall–Kier alpha value is -2.05. The molecular weight excluding hydrogens is 286 g/mol. The number of nitrogens with zero attached hydrogens (tertiary/aromatic N) is 3. The summed E-state index contributed by atoms with van der Waals surface area (Å²) in [6, 6.07) is -0.0711. The zero-order valence-corrected chi connectivity index (χ0v) is 13.8. The minimum Gasteiger partial charge on any atom is -0.461 e. The standard InChI is InChI=1S/C15H23N3O4/c1-6-21-13(19)11-7-16-12-9-17(8-10(2)18(11)12)14(20)22-15(3,4)5/h7,10H,6,8-9H2,1-5H3/t10-/m1/s1. The van der Waals surface area contributed by atoms with Crippen LogP contribution in [0.5, 0.6) is 0 Å². The molecule has 0 fully saturated rings. The van der Waals surface area contributed by atoms with E-state index in [2.05, 4.69) is 4.98 Å². The quantitative estimate of drug-likeness (QED) is 0.784. The lowest BCUT2D eigenvalue weighted by atomic mass is 10.2. The minimum absolute atomic E-state index is 0.0711. The Morgan fingerprint density at radius 1 is 1.41 bits per heavy atom. The van der Waals surface area contributed by atoms with Crippen LogP contribution in [-0.2, 0) is 16.0 Å². The van der Waals surface area contributed by atoms with E-state index in [9.17, 15) is 9.59 Å². The van der Waals surface area contributed by atoms with Crippen molar-refractivity contribution in [2.45, 2.75) is 52.8 Å². The second-order valence-electron chi connectivity index (χ2n) is 6.36. The summed E-state index contributed by atoms with van der Waals surface area (Å²) in [5, 5.41) is 0. The first-order valence-electron chi connectivity index (χ1n) is 7.44. The third kappa shape index (κ3) is 3.40. The SMILES string of the molecule is CCOC(=O)c1cnc2n1[C@H](C)CN(C(=O)OC(C)(C)C)C2. The molecule has 0 saturated heterocycles. The Labute approximate surface area is 130 Å². The molecule has 2 rings (SSSR count). The van der Waals surface area contributed by atoms with Gasteiger partial charge in [-0.25, -0.2) is 14.6 Å². The van der Waals surface area contributed by atoms with Gasteiger partial charge in [-0.15, -0.1) is 0 Å². The van der Waals surface area contributed by atoms with Crippen LogP contribution in [-0.4, -0.2) is 45.3 Å². The molecule has 0 bridgehead atoms. The molecule has 1 amide bonds. The second kappa shape index (κ2) is 5.98. The van der Waals surface area contributed by atoms with Crippen LogP contribution in [0, 0.1) is 0 Å². The zero-order chi connectivity index (χ0) is 16.5. The largest absolute Gasteiger partial charge is 0.461 e. The molecule has 2 heterocycles. The van der Waals surface area contributed by atoms with Crippen LogP contribution < -0.4 is 0 Å². The monoisotopic (exact) mass is 309 g/mol. The molecule has 1 atom stereocenters. The summed E-state index contributed by atoms with van der Waals surface area (Å²) < 4.78 is 12.3. The average Bonchev–Trinajstić information content (AvgIpc) is 2.81. The van der Waals surface area contributed by atoms with Crippen molar-refractivity contribution >= 4 is 12.1 Å². The molecule has 122 valence electrons. The van der Waals surface area contributed by atoms with Gasteiger partial charge in [-0.2, -0.15) is 0 Å². The number of hydrogen-bond donors (Lipinski definition) is 0. The van der Waals surface area contributed by atoms with Crippen molar-refractivity contribution in [3.8, 4) is 0 Å². The molecule has 0 aliphatic carbocycles. The summed E-state index contributed by atoms with van der Waals surface area (Å²) >= 11 is 0. The predicted octanol–water partition coefficient (Wildman–Crippen LogP) is 2.37. The van der Waals surface area contributed by atoms with Gasteiger partial charge >= 0.3 is 12.1 Å². The van der Waals surface area contributed by atoms with Gasteiger partial charge in [0.25, 0.3) is 0 Å². The molecular formula is C15H23N3O4. The van der Waals surface area contributed by atoms with Gasteiger partial charge in [0.2, 0.25) is 0 Å². The number of fused-ring (bicyclic) bond motifs is 1. The van der Waals surface area contributed by atoms with E-state index in [1.54, 1.807) is 11.8 Å². The van der Waals surface area contributed by atoms with Crippen LogP contribution in [0.3, 0.4) is 0 Å². The van der Waals surface area contributed by atoms with Gasteiger partial charge in [-0.3, -0.25) is 4.90 Å². The van der Waals surface area contributed by atoms with E-state index in [1.807, 2.05) is 32.3 Å². The molecule has 1 aromatic heterocycles. The first-order valence-corrected chi connectivity index (χ1v) is 7.44. The van der Waals surface area contributed by atoms with Gasteiger partial charge in [-0.1, -0.05) is 0 Å². The number of esters is 1. The van der Waals surface area contributed by atoms with Gasteiger partial charge < -0.3 is 14.0 Å². The Morgan fingerprint density at radius 2 is 2.09 bits per heavy atom. The van der Waals surface area contributed by atoms with Crippen LogP contribution in [0.4, 0.5) is 4.79 Å². The van der Waals surface area contributed by atoms with Crippen molar-refractivity contribution in [2.24, 2.45) is 0 Å². The maximum absolute atomic E-state index is 12.2. The lowest BCUT2D eigenvalue weighted by molar-refractivity contribution is 0.0167. The third-order valence-corrected chi connectivity index (χ3v) is 3.27. The minimum atomic E-state index is -0.538. The molecule has 0 saturated carbocycles. The highest BCUT2D eigenvalue weighted by molar-refractivity contribution is 5.87. The third-order valence-electron chi connectivity index (χ3n) is 3.27. The smallest absolute Gasteiger partial charge is 0.410 e. The fraction of sp³-hybridized carbons (Fsp3) is 0.667. The van der Waals surface area contributed by atoms with Crippen LogP contribution >= 0.6 is 0 Å². The average molecular weight is 309 g/mol. The number of amides is 1. The molecule has 0 N–H and O–H groups in total. The molecule has 0 spiro atoms. The molecule has 7 heteroatoms. The Kier molecular flexibility index (Phi) is 4.44. The first-order chi connectivity index (χ1) is 10.2. The molecule has 7 nitrogen and oxygen atoms in total. The number of ether oxygens (including phenoxy) is 2. The van der Waals surface area contributed by atoms with Gasteiger partial charge in [0, 0.05) is 6.54 Å². The molecule has 1 aliphatic rings. The van der Waals surface area contributed by atoms with Crippen molar-refractivity contribution in [3.63, 3.8) is 0 Å². The highest BCUT2D eigenvalue weighted by Gasteiger charge is 2.32. The van der Waals surface area contributed by atoms with E-state index in [-0.39, 0.29) is 18.1 Å². The van der Waals surface area contributed by atoms with Crippen molar-refractivity contribution in [1.82, 2.24) is 14.5 Å². The van der Waals surface area contributed by atoms with E-state index in [0.717, 1.165) is 0 Å². The van der Waals surface area contributed by atoms with Gasteiger partial charge in [0.1, 0.15) is 17.1 Å². The van der Waals surface area contributed by atoms with Crippen molar-refractivity contribution < 1.29 is 19.1 Å². The predicted molar refractivity (Wildman–Crippen MR) is 79.5 cm³/mol. The summed E-state index contributed by atoms with van der Waals surface area (Å²) in [5.41, 5.74) is -0.114. The van der Waals surface area contributed by atoms with E-state index in [4.69, 9.17) is 9.47 Å². The second-order valence-corrected chi connectivity index (χ2v) is 6.36. The lowest BCUT2D eigenvalue weighted by Crippen LogP contribution is -2.43. The highest BCUT2D eigenvalue weighted by atomic mass is 16.6. The summed E-state index contributed by atoms with van der Waals surface area (Å²) in [6.07, 6.45) is 1.13. The fourth-order valence-electron chi connectivity index (χ4n) is 2.47. The zero-order valence-electron chi connectivity index (χ0n) is 13.8. The van der Waals surface area contributed by atoms with Gasteiger partial charge in [0.15, 0.2) is 0 Å². The lowest BCUT2D eigenvalue weighted by Gasteiger charge is -2.34. The molecule has 0 radical (unpaired) electrons. The van der Waals surface area contributed by atoms with E-state index in [1.165, 1.54) is 6.20 Å². The number of aromatic nitrogens is 2. The number of imidazole rings is 1. The normalized spacial score (nSPS) is 17.9. The van der Waals surface area contributed by atoms with Gasteiger partial charge in [-0.05, 0) is 34.6 Å². The summed E-state index contributed by atoms with van der Waals surface area (Å²) in [4.78, 5) is 30.0. The van der Waals surface area contributed by atoms with Crippen LogP contribution in [0.25, 0.3) is 0 Å². The number of rotatable bonds is 2. The number of hydrogen-bond acceptors (Lipinski definition) is 5. The topological polar surface area (TPSA) is 73.7 Å². The van der Waals surface area contributed by atoms with Crippen molar-refractivity contribution in [1.29, 1.82) is 0 Å². The number of carbonyl (C=O) groups excluding carboxylic acids is 2. The highest BCUT2D eigenvalue weighted by Crippen LogP contribution is 2.24.